The number of carbonyl (C=O) groups is 5. The molecule has 2 aromatic carbocycles. The van der Waals surface area contributed by atoms with E-state index < -0.39 is 71.0 Å². The van der Waals surface area contributed by atoms with Crippen LogP contribution >= 0.6 is 0 Å². The summed E-state index contributed by atoms with van der Waals surface area (Å²) in [4.78, 5) is 71.4. The number of likely N-dealkylation sites (N-methyl/N-ethyl adjacent to an activating group) is 1. The molecule has 0 aliphatic carbocycles. The van der Waals surface area contributed by atoms with Gasteiger partial charge in [0.2, 0.25) is 22.6 Å². The topological polar surface area (TPSA) is 198 Å². The molecule has 47 heavy (non-hydrogen) atoms. The van der Waals surface area contributed by atoms with E-state index >= 15 is 0 Å². The maximum Gasteiger partial charge on any atom is 0.410 e. The number of ether oxygens (including phenoxy) is 1. The van der Waals surface area contributed by atoms with Crippen LogP contribution in [0.15, 0.2) is 47.6 Å². The first-order valence-electron chi connectivity index (χ1n) is 15.5. The molecule has 1 saturated heterocycles. The van der Waals surface area contributed by atoms with Gasteiger partial charge in [-0.25, -0.2) is 4.79 Å². The largest absolute Gasteiger partial charge is 0.548 e. The molecule has 254 valence electrons. The number of nitrogens with zero attached hydrogens (tertiary/aromatic N) is 4. The van der Waals surface area contributed by atoms with Crippen molar-refractivity contribution in [3.8, 4) is 0 Å². The zero-order valence-corrected chi connectivity index (χ0v) is 28.2. The number of rotatable bonds is 10. The summed E-state index contributed by atoms with van der Waals surface area (Å²) >= 11 is 0. The second-order valence-corrected chi connectivity index (χ2v) is 13.9. The van der Waals surface area contributed by atoms with Crippen molar-refractivity contribution in [1.29, 1.82) is 5.53 Å². The van der Waals surface area contributed by atoms with Gasteiger partial charge in [-0.05, 0) is 62.3 Å². The molecule has 0 radical (unpaired) electrons. The number of carbonyl (C=O) groups excluding carboxylic acids is 5. The molecule has 3 N–H and O–H groups in total. The van der Waals surface area contributed by atoms with Gasteiger partial charge in [0.1, 0.15) is 34.4 Å². The van der Waals surface area contributed by atoms with Crippen LogP contribution in [0.2, 0.25) is 0 Å². The molecule has 1 aliphatic heterocycles. The van der Waals surface area contributed by atoms with Gasteiger partial charge >= 0.3 is 6.09 Å². The number of carboxylic acid groups (broad SMARTS) is 1. The number of likely N-dealkylation sites (tertiary alicyclic amines) is 1. The normalized spacial score (nSPS) is 18.3. The fourth-order valence-corrected chi connectivity index (χ4v) is 5.33. The van der Waals surface area contributed by atoms with Gasteiger partial charge < -0.3 is 30.2 Å². The number of fused-ring (bicyclic) bond motifs is 1. The van der Waals surface area contributed by atoms with Gasteiger partial charge in [0.05, 0.1) is 12.0 Å². The number of nitrogens with one attached hydrogen (secondary N) is 3. The van der Waals surface area contributed by atoms with Crippen LogP contribution in [0, 0.1) is 10.9 Å². The van der Waals surface area contributed by atoms with Gasteiger partial charge in [-0.2, -0.15) is 0 Å². The van der Waals surface area contributed by atoms with Crippen LogP contribution in [-0.4, -0.2) is 89.0 Å². The Hall–Kier alpha value is -4.84. The summed E-state index contributed by atoms with van der Waals surface area (Å²) < 4.78 is 5.36. The molecular formula is C33H45N7O7. The average molecular weight is 652 g/mol. The van der Waals surface area contributed by atoms with E-state index in [1.165, 1.54) is 18.9 Å². The first-order valence-corrected chi connectivity index (χ1v) is 15.5. The second kappa shape index (κ2) is 14.7. The molecule has 0 bridgehead atoms. The van der Waals surface area contributed by atoms with E-state index in [0.29, 0.717) is 5.56 Å². The lowest BCUT2D eigenvalue weighted by Crippen LogP contribution is -2.62. The highest BCUT2D eigenvalue weighted by Gasteiger charge is 2.49. The zero-order valence-electron chi connectivity index (χ0n) is 28.2. The molecule has 1 aliphatic rings. The van der Waals surface area contributed by atoms with Crippen molar-refractivity contribution in [2.45, 2.75) is 97.1 Å². The lowest BCUT2D eigenvalue weighted by atomic mass is 9.85. The molecule has 3 unspecified atom stereocenters. The Labute approximate surface area is 274 Å². The fraction of sp³-hybridized carbons (Fsp3) is 0.545. The third-order valence-corrected chi connectivity index (χ3v) is 8.02. The molecule has 14 nitrogen and oxygen atoms in total. The Morgan fingerprint density at radius 2 is 1.70 bits per heavy atom. The van der Waals surface area contributed by atoms with Crippen molar-refractivity contribution in [1.82, 2.24) is 25.3 Å². The average Bonchev–Trinajstić information content (AvgIpc) is 3.40. The molecule has 1 heterocycles. The van der Waals surface area contributed by atoms with Gasteiger partial charge in [0, 0.05) is 13.6 Å². The van der Waals surface area contributed by atoms with E-state index in [9.17, 15) is 29.1 Å². The SMILES string of the molecule is CC(C(=O)NC(C(=O)N1CC[C@@H](N=[N+]=N)[C@H]1C(=O)NC(Cc1ccc2ccccc2c1)C(=O)[O-])C(C)(C)C)N(C)C(=O)OC(C)(C)C. The highest BCUT2D eigenvalue weighted by Crippen LogP contribution is 2.28. The van der Waals surface area contributed by atoms with E-state index in [2.05, 4.69) is 20.7 Å². The lowest BCUT2D eigenvalue weighted by Gasteiger charge is -2.37. The third-order valence-electron chi connectivity index (χ3n) is 8.02. The van der Waals surface area contributed by atoms with Crippen molar-refractivity contribution < 1.29 is 33.8 Å². The van der Waals surface area contributed by atoms with Crippen LogP contribution in [0.5, 0.6) is 0 Å². The summed E-state index contributed by atoms with van der Waals surface area (Å²) in [6.07, 6.45) is -0.617. The van der Waals surface area contributed by atoms with Crippen LogP contribution in [0.25, 0.3) is 10.8 Å². The minimum absolute atomic E-state index is 0.0388. The molecule has 2 aromatic rings. The van der Waals surface area contributed by atoms with E-state index in [0.717, 1.165) is 15.7 Å². The standard InChI is InChI=1S/C33H45N7O7/c1-19(39(8)31(46)47-33(5,6)7)27(41)36-26(32(2,3)4)29(43)40-16-15-23(37-38-34)25(40)28(42)35-24(30(44)45)18-20-13-14-21-11-9-10-12-22(21)17-20/h9-14,17,19,23-26,34H,15-16,18H2,1-8H3,(H2-,35,36,41,42,44,45)/t19?,23-,24?,25+,26?/m1/s1. The van der Waals surface area contributed by atoms with Crippen LogP contribution in [0.1, 0.15) is 60.5 Å². The second-order valence-electron chi connectivity index (χ2n) is 13.9. The minimum atomic E-state index is -1.51. The maximum absolute atomic E-state index is 14.1. The van der Waals surface area contributed by atoms with Crippen molar-refractivity contribution in [2.24, 2.45) is 10.5 Å². The Bertz CT molecular complexity index is 1560. The molecule has 3 rings (SSSR count). The number of hydrogen-bond donors (Lipinski definition) is 3. The highest BCUT2D eigenvalue weighted by atomic mass is 16.6. The zero-order chi connectivity index (χ0) is 35.3. The Morgan fingerprint density at radius 3 is 2.28 bits per heavy atom. The van der Waals surface area contributed by atoms with Crippen LogP contribution in [0.4, 0.5) is 4.79 Å². The van der Waals surface area contributed by atoms with E-state index in [1.807, 2.05) is 36.4 Å². The van der Waals surface area contributed by atoms with Gasteiger partial charge in [-0.1, -0.05) is 63.2 Å². The molecule has 5 atom stereocenters. The highest BCUT2D eigenvalue weighted by molar-refractivity contribution is 5.96. The van der Waals surface area contributed by atoms with E-state index in [4.69, 9.17) is 10.3 Å². The first kappa shape index (κ1) is 36.6. The predicted molar refractivity (Wildman–Crippen MR) is 171 cm³/mol. The monoisotopic (exact) mass is 651 g/mol. The molecule has 4 amide bonds. The molecular weight excluding hydrogens is 606 g/mol. The van der Waals surface area contributed by atoms with Crippen LogP contribution in [-0.2, 0) is 30.3 Å². The number of aliphatic carboxylic acids is 1. The molecule has 14 heteroatoms. The smallest absolute Gasteiger partial charge is 0.410 e. The first-order chi connectivity index (χ1) is 21.8. The fourth-order valence-electron chi connectivity index (χ4n) is 5.33. The molecule has 0 aromatic heterocycles. The Kier molecular flexibility index (Phi) is 11.5. The van der Waals surface area contributed by atoms with Gasteiger partial charge in [-0.3, -0.25) is 19.3 Å². The van der Waals surface area contributed by atoms with Gasteiger partial charge in [0.25, 0.3) is 0 Å². The van der Waals surface area contributed by atoms with E-state index in [1.54, 1.807) is 47.6 Å². The number of amides is 4. The summed E-state index contributed by atoms with van der Waals surface area (Å²) in [5.74, 6) is -3.55. The predicted octanol–water partition coefficient (Wildman–Crippen LogP) is 1.92. The van der Waals surface area contributed by atoms with E-state index in [-0.39, 0.29) is 19.4 Å². The van der Waals surface area contributed by atoms with Crippen molar-refractivity contribution in [3.05, 3.63) is 48.0 Å². The Morgan fingerprint density at radius 1 is 1.06 bits per heavy atom. The quantitative estimate of drug-likeness (QED) is 0.257. The molecule has 1 fully saturated rings. The van der Waals surface area contributed by atoms with Crippen molar-refractivity contribution in [3.63, 3.8) is 0 Å². The summed E-state index contributed by atoms with van der Waals surface area (Å²) in [6, 6.07) is 7.21. The molecule has 0 saturated carbocycles. The molecule has 0 spiro atoms. The number of carboxylic acids is 1. The maximum atomic E-state index is 14.1. The minimum Gasteiger partial charge on any atom is -0.548 e. The summed E-state index contributed by atoms with van der Waals surface area (Å²) in [7, 11) is 1.41. The van der Waals surface area contributed by atoms with Gasteiger partial charge in [-0.15, -0.1) is 0 Å². The van der Waals surface area contributed by atoms with Gasteiger partial charge in [0.15, 0.2) is 6.04 Å². The van der Waals surface area contributed by atoms with Crippen LogP contribution in [0.3, 0.4) is 0 Å². The van der Waals surface area contributed by atoms with Crippen molar-refractivity contribution >= 4 is 40.6 Å². The summed E-state index contributed by atoms with van der Waals surface area (Å²) in [5, 5.41) is 23.1. The Balaban J connectivity index is 1.84. The summed E-state index contributed by atoms with van der Waals surface area (Å²) in [5.41, 5.74) is 6.29. The third kappa shape index (κ3) is 9.35. The van der Waals surface area contributed by atoms with Crippen molar-refractivity contribution in [2.75, 3.05) is 13.6 Å². The van der Waals surface area contributed by atoms with Crippen LogP contribution < -0.4 is 20.7 Å². The summed E-state index contributed by atoms with van der Waals surface area (Å²) in [6.45, 7) is 11.8. The number of benzene rings is 2. The lowest BCUT2D eigenvalue weighted by molar-refractivity contribution is -0.308. The number of hydrogen-bond acceptors (Lipinski definition) is 9.